The second-order valence-corrected chi connectivity index (χ2v) is 4.99. The van der Waals surface area contributed by atoms with Crippen molar-refractivity contribution in [2.45, 2.75) is 45.6 Å². The number of fused-ring (bicyclic) bond motifs is 1. The van der Waals surface area contributed by atoms with Crippen molar-refractivity contribution >= 4 is 10.8 Å². The van der Waals surface area contributed by atoms with Crippen LogP contribution in [0.1, 0.15) is 43.7 Å². The standard InChI is InChI=1S/C17H23N/c1-2-3-4-5-7-15-8-6-9-16-12-14(13-18)10-11-17(15)16/h6,8-12H,2-5,7,13,18H2,1H3. The fourth-order valence-corrected chi connectivity index (χ4v) is 2.49. The van der Waals surface area contributed by atoms with Crippen molar-refractivity contribution in [3.63, 3.8) is 0 Å². The molecule has 2 rings (SSSR count). The molecule has 18 heavy (non-hydrogen) atoms. The Morgan fingerprint density at radius 3 is 2.67 bits per heavy atom. The van der Waals surface area contributed by atoms with Crippen molar-refractivity contribution in [2.75, 3.05) is 0 Å². The van der Waals surface area contributed by atoms with Crippen molar-refractivity contribution in [2.24, 2.45) is 5.73 Å². The van der Waals surface area contributed by atoms with Gasteiger partial charge in [-0.2, -0.15) is 0 Å². The van der Waals surface area contributed by atoms with E-state index in [1.165, 1.54) is 54.0 Å². The number of nitrogens with two attached hydrogens (primary N) is 1. The Hall–Kier alpha value is -1.34. The Kier molecular flexibility index (Phi) is 4.77. The van der Waals surface area contributed by atoms with E-state index in [1.807, 2.05) is 0 Å². The number of benzene rings is 2. The van der Waals surface area contributed by atoms with E-state index < -0.39 is 0 Å². The molecular weight excluding hydrogens is 218 g/mol. The van der Waals surface area contributed by atoms with Gasteiger partial charge in [0.1, 0.15) is 0 Å². The van der Waals surface area contributed by atoms with E-state index in [0.29, 0.717) is 6.54 Å². The molecule has 0 amide bonds. The van der Waals surface area contributed by atoms with E-state index in [9.17, 15) is 0 Å². The monoisotopic (exact) mass is 241 g/mol. The summed E-state index contributed by atoms with van der Waals surface area (Å²) >= 11 is 0. The lowest BCUT2D eigenvalue weighted by molar-refractivity contribution is 0.668. The van der Waals surface area contributed by atoms with Gasteiger partial charge in [-0.1, -0.05) is 56.5 Å². The molecule has 0 atom stereocenters. The van der Waals surface area contributed by atoms with Crippen LogP contribution in [0.4, 0.5) is 0 Å². The minimum Gasteiger partial charge on any atom is -0.326 e. The maximum atomic E-state index is 5.69. The molecule has 0 saturated carbocycles. The summed E-state index contributed by atoms with van der Waals surface area (Å²) in [6, 6.07) is 13.2. The van der Waals surface area contributed by atoms with Crippen molar-refractivity contribution in [3.05, 3.63) is 47.5 Å². The summed E-state index contributed by atoms with van der Waals surface area (Å²) in [4.78, 5) is 0. The van der Waals surface area contributed by atoms with Crippen LogP contribution < -0.4 is 5.73 Å². The number of rotatable bonds is 6. The minimum atomic E-state index is 0.622. The zero-order valence-electron chi connectivity index (χ0n) is 11.3. The van der Waals surface area contributed by atoms with Crippen molar-refractivity contribution in [3.8, 4) is 0 Å². The van der Waals surface area contributed by atoms with Gasteiger partial charge < -0.3 is 5.73 Å². The fourth-order valence-electron chi connectivity index (χ4n) is 2.49. The molecule has 0 bridgehead atoms. The number of aryl methyl sites for hydroxylation is 1. The van der Waals surface area contributed by atoms with E-state index in [4.69, 9.17) is 5.73 Å². The lowest BCUT2D eigenvalue weighted by Crippen LogP contribution is -1.96. The zero-order valence-corrected chi connectivity index (χ0v) is 11.3. The van der Waals surface area contributed by atoms with Crippen molar-refractivity contribution < 1.29 is 0 Å². The Balaban J connectivity index is 2.17. The summed E-state index contributed by atoms with van der Waals surface area (Å²) in [7, 11) is 0. The SMILES string of the molecule is CCCCCCc1cccc2cc(CN)ccc12. The fraction of sp³-hybridized carbons (Fsp3) is 0.412. The lowest BCUT2D eigenvalue weighted by atomic mass is 9.98. The molecule has 0 aliphatic carbocycles. The number of hydrogen-bond donors (Lipinski definition) is 1. The molecule has 2 aromatic carbocycles. The Labute approximate surface area is 110 Å². The number of unbranched alkanes of at least 4 members (excludes halogenated alkanes) is 3. The molecule has 0 radical (unpaired) electrons. The van der Waals surface area contributed by atoms with Crippen molar-refractivity contribution in [1.82, 2.24) is 0 Å². The van der Waals surface area contributed by atoms with Gasteiger partial charge in [-0.25, -0.2) is 0 Å². The summed E-state index contributed by atoms with van der Waals surface area (Å²) in [5, 5.41) is 2.72. The molecule has 0 aromatic heterocycles. The van der Waals surface area contributed by atoms with Crippen LogP contribution in [0.15, 0.2) is 36.4 Å². The molecular formula is C17H23N. The molecule has 0 heterocycles. The zero-order chi connectivity index (χ0) is 12.8. The minimum absolute atomic E-state index is 0.622. The third-order valence-corrected chi connectivity index (χ3v) is 3.57. The van der Waals surface area contributed by atoms with Gasteiger partial charge in [0.25, 0.3) is 0 Å². The van der Waals surface area contributed by atoms with Crippen molar-refractivity contribution in [1.29, 1.82) is 0 Å². The summed E-state index contributed by atoms with van der Waals surface area (Å²) < 4.78 is 0. The van der Waals surface area contributed by atoms with E-state index in [0.717, 1.165) is 0 Å². The molecule has 0 fully saturated rings. The van der Waals surface area contributed by atoms with Crippen LogP contribution >= 0.6 is 0 Å². The lowest BCUT2D eigenvalue weighted by Gasteiger charge is -2.08. The highest BCUT2D eigenvalue weighted by molar-refractivity contribution is 5.86. The van der Waals surface area contributed by atoms with Crippen LogP contribution in [0.25, 0.3) is 10.8 Å². The van der Waals surface area contributed by atoms with E-state index in [-0.39, 0.29) is 0 Å². The van der Waals surface area contributed by atoms with Gasteiger partial charge in [-0.15, -0.1) is 0 Å². The highest BCUT2D eigenvalue weighted by Crippen LogP contribution is 2.22. The predicted octanol–water partition coefficient (Wildman–Crippen LogP) is 4.42. The summed E-state index contributed by atoms with van der Waals surface area (Å²) in [5.74, 6) is 0. The second kappa shape index (κ2) is 6.55. The average Bonchev–Trinajstić information content (AvgIpc) is 2.43. The first-order valence-electron chi connectivity index (χ1n) is 7.05. The van der Waals surface area contributed by atoms with Gasteiger partial charge in [0.2, 0.25) is 0 Å². The van der Waals surface area contributed by atoms with Crippen LogP contribution in [-0.2, 0) is 13.0 Å². The summed E-state index contributed by atoms with van der Waals surface area (Å²) in [6.45, 7) is 2.88. The quantitative estimate of drug-likeness (QED) is 0.744. The molecule has 0 aliphatic rings. The van der Waals surface area contributed by atoms with Crippen LogP contribution in [0, 0.1) is 0 Å². The Morgan fingerprint density at radius 1 is 1.00 bits per heavy atom. The van der Waals surface area contributed by atoms with E-state index in [1.54, 1.807) is 0 Å². The third kappa shape index (κ3) is 3.11. The first-order chi connectivity index (χ1) is 8.85. The van der Waals surface area contributed by atoms with E-state index in [2.05, 4.69) is 43.3 Å². The Bertz CT molecular complexity index is 502. The second-order valence-electron chi connectivity index (χ2n) is 4.99. The first-order valence-corrected chi connectivity index (χ1v) is 7.05. The highest BCUT2D eigenvalue weighted by atomic mass is 14.5. The molecule has 2 N–H and O–H groups in total. The van der Waals surface area contributed by atoms with Gasteiger partial charge in [0.05, 0.1) is 0 Å². The maximum Gasteiger partial charge on any atom is 0.0178 e. The molecule has 1 nitrogen and oxygen atoms in total. The first kappa shape index (κ1) is 13.1. The van der Waals surface area contributed by atoms with Crippen LogP contribution in [-0.4, -0.2) is 0 Å². The highest BCUT2D eigenvalue weighted by Gasteiger charge is 2.01. The van der Waals surface area contributed by atoms with Gasteiger partial charge >= 0.3 is 0 Å². The predicted molar refractivity (Wildman–Crippen MR) is 79.7 cm³/mol. The molecule has 0 unspecified atom stereocenters. The van der Waals surface area contributed by atoms with Gasteiger partial charge in [-0.05, 0) is 40.8 Å². The van der Waals surface area contributed by atoms with Crippen LogP contribution in [0.3, 0.4) is 0 Å². The normalized spacial score (nSPS) is 11.0. The molecule has 2 aromatic rings. The summed E-state index contributed by atoms with van der Waals surface area (Å²) in [6.07, 6.45) is 6.48. The van der Waals surface area contributed by atoms with Gasteiger partial charge in [-0.3, -0.25) is 0 Å². The summed E-state index contributed by atoms with van der Waals surface area (Å²) in [5.41, 5.74) is 8.38. The molecule has 0 aliphatic heterocycles. The third-order valence-electron chi connectivity index (χ3n) is 3.57. The van der Waals surface area contributed by atoms with Crippen LogP contribution in [0.5, 0.6) is 0 Å². The van der Waals surface area contributed by atoms with Crippen LogP contribution in [0.2, 0.25) is 0 Å². The topological polar surface area (TPSA) is 26.0 Å². The van der Waals surface area contributed by atoms with E-state index >= 15 is 0 Å². The Morgan fingerprint density at radius 2 is 1.89 bits per heavy atom. The smallest absolute Gasteiger partial charge is 0.0178 e. The average molecular weight is 241 g/mol. The number of hydrogen-bond acceptors (Lipinski definition) is 1. The van der Waals surface area contributed by atoms with Gasteiger partial charge in [0.15, 0.2) is 0 Å². The van der Waals surface area contributed by atoms with Gasteiger partial charge in [0, 0.05) is 6.54 Å². The maximum absolute atomic E-state index is 5.69. The molecule has 96 valence electrons. The molecule has 0 spiro atoms. The largest absolute Gasteiger partial charge is 0.326 e. The molecule has 0 saturated heterocycles. The molecule has 1 heteroatoms.